The smallest absolute Gasteiger partial charge is 0.251 e. The Balaban J connectivity index is 0.000000253. The Morgan fingerprint density at radius 2 is 1.10 bits per heavy atom. The van der Waals surface area contributed by atoms with Crippen LogP contribution < -0.4 is 26.6 Å². The van der Waals surface area contributed by atoms with Gasteiger partial charge >= 0.3 is 0 Å². The zero-order chi connectivity index (χ0) is 49.9. The number of nitrogens with zero attached hydrogens (tertiary/aromatic N) is 3. The van der Waals surface area contributed by atoms with Gasteiger partial charge < -0.3 is 36.4 Å². The maximum absolute atomic E-state index is 13.1. The van der Waals surface area contributed by atoms with Crippen LogP contribution in [0.25, 0.3) is 0 Å². The fourth-order valence-electron chi connectivity index (χ4n) is 8.88. The molecule has 2 atom stereocenters. The van der Waals surface area contributed by atoms with Crippen molar-refractivity contribution in [3.8, 4) is 0 Å². The van der Waals surface area contributed by atoms with Crippen LogP contribution in [0.4, 0.5) is 11.4 Å². The molecule has 4 aromatic rings. The van der Waals surface area contributed by atoms with E-state index < -0.39 is 12.1 Å². The van der Waals surface area contributed by atoms with Gasteiger partial charge in [0.15, 0.2) is 0 Å². The molecule has 0 bridgehead atoms. The number of aldehydes is 1. The summed E-state index contributed by atoms with van der Waals surface area (Å²) >= 11 is 6.73. The Kier molecular flexibility index (Phi) is 19.8. The highest BCUT2D eigenvalue weighted by Gasteiger charge is 2.42. The topological polar surface area (TPSA) is 189 Å². The molecule has 0 saturated carbocycles. The fourth-order valence-corrected chi connectivity index (χ4v) is 9.41. The van der Waals surface area contributed by atoms with Gasteiger partial charge in [0.25, 0.3) is 11.8 Å². The summed E-state index contributed by atoms with van der Waals surface area (Å²) in [5.41, 5.74) is 4.06. The SMILES string of the molecule is C.CNC(=O)c1cccc(NC(=O)[C@H]2CCC(=O)N2C2CCN(Cc3ccc(Br)cc3)CC2)c1.CNC(=O)c1cccc(NC(=O)[C@H]2CCC(=O)N2C2CCNCC2)c1.O=Cc1ccc(Br)cc1.[2H][2H]. The summed E-state index contributed by atoms with van der Waals surface area (Å²) in [7, 11) is 3.13. The van der Waals surface area contributed by atoms with Gasteiger partial charge in [0.2, 0.25) is 23.6 Å². The maximum Gasteiger partial charge on any atom is 0.251 e. The number of hydrogen-bond acceptors (Lipinski definition) is 9. The van der Waals surface area contributed by atoms with Crippen LogP contribution in [0, 0.1) is 0 Å². The molecule has 4 saturated heterocycles. The molecule has 5 N–H and O–H groups in total. The van der Waals surface area contributed by atoms with Crippen LogP contribution in [0.2, 0.25) is 0 Å². The molecule has 4 fully saturated rings. The molecular formula is C51H64Br2N8O7. The minimum atomic E-state index is -0.468. The van der Waals surface area contributed by atoms with Crippen LogP contribution in [0.15, 0.2) is 106 Å². The number of carbonyl (C=O) groups is 7. The normalized spacial score (nSPS) is 18.6. The van der Waals surface area contributed by atoms with Crippen molar-refractivity contribution in [1.82, 2.24) is 30.7 Å². The van der Waals surface area contributed by atoms with Crippen LogP contribution >= 0.6 is 31.9 Å². The first-order valence-corrected chi connectivity index (χ1v) is 24.2. The Labute approximate surface area is 418 Å². The second-order valence-electron chi connectivity index (χ2n) is 16.8. The van der Waals surface area contributed by atoms with Crippen molar-refractivity contribution in [3.05, 3.63) is 128 Å². The molecular weight excluding hydrogens is 996 g/mol. The molecule has 0 aromatic heterocycles. The van der Waals surface area contributed by atoms with E-state index in [0.29, 0.717) is 53.7 Å². The third-order valence-corrected chi connectivity index (χ3v) is 13.4. The van der Waals surface area contributed by atoms with Crippen LogP contribution in [-0.4, -0.2) is 121 Å². The summed E-state index contributed by atoms with van der Waals surface area (Å²) in [6, 6.07) is 28.5. The lowest BCUT2D eigenvalue weighted by atomic mass is 10.0. The fraction of sp³-hybridized carbons (Fsp3) is 0.392. The van der Waals surface area contributed by atoms with Gasteiger partial charge in [-0.2, -0.15) is 0 Å². The number of piperidine rings is 2. The van der Waals surface area contributed by atoms with Crippen molar-refractivity contribution in [2.24, 2.45) is 0 Å². The van der Waals surface area contributed by atoms with E-state index >= 15 is 0 Å². The van der Waals surface area contributed by atoms with E-state index in [1.807, 2.05) is 17.0 Å². The van der Waals surface area contributed by atoms with E-state index in [9.17, 15) is 33.6 Å². The zero-order valence-corrected chi connectivity index (χ0v) is 40.9. The molecule has 0 unspecified atom stereocenters. The molecule has 4 heterocycles. The van der Waals surface area contributed by atoms with E-state index in [1.54, 1.807) is 79.7 Å². The molecule has 0 spiro atoms. The van der Waals surface area contributed by atoms with Gasteiger partial charge in [0, 0.05) is 98.6 Å². The van der Waals surface area contributed by atoms with Crippen molar-refractivity contribution in [3.63, 3.8) is 0 Å². The number of rotatable bonds is 11. The maximum atomic E-state index is 13.1. The minimum absolute atomic E-state index is 0. The predicted molar refractivity (Wildman–Crippen MR) is 273 cm³/mol. The van der Waals surface area contributed by atoms with E-state index in [1.165, 1.54) is 5.56 Å². The number of nitrogens with one attached hydrogen (secondary N) is 5. The molecule has 4 aliphatic rings. The summed E-state index contributed by atoms with van der Waals surface area (Å²) < 4.78 is 12.1. The van der Waals surface area contributed by atoms with Crippen molar-refractivity contribution in [2.45, 2.75) is 89.5 Å². The second-order valence-corrected chi connectivity index (χ2v) is 18.6. The predicted octanol–water partition coefficient (Wildman–Crippen LogP) is 7.27. The highest BCUT2D eigenvalue weighted by Crippen LogP contribution is 2.30. The number of carbonyl (C=O) groups excluding carboxylic acids is 7. The molecule has 0 radical (unpaired) electrons. The largest absolute Gasteiger partial charge is 0.355 e. The van der Waals surface area contributed by atoms with Crippen LogP contribution in [0.5, 0.6) is 0 Å². The average molecular weight is 1060 g/mol. The van der Waals surface area contributed by atoms with Crippen molar-refractivity contribution >= 4 is 85.0 Å². The van der Waals surface area contributed by atoms with Crippen molar-refractivity contribution in [2.75, 3.05) is 50.9 Å². The summed E-state index contributed by atoms with van der Waals surface area (Å²) in [6.07, 6.45) is 6.19. The summed E-state index contributed by atoms with van der Waals surface area (Å²) in [4.78, 5) is 90.5. The first-order chi connectivity index (χ1) is 33.4. The Hall–Kier alpha value is -5.75. The van der Waals surface area contributed by atoms with Gasteiger partial charge in [-0.25, -0.2) is 0 Å². The molecule has 8 rings (SSSR count). The van der Waals surface area contributed by atoms with E-state index in [2.05, 4.69) is 87.6 Å². The van der Waals surface area contributed by atoms with Gasteiger partial charge in [0.1, 0.15) is 18.4 Å². The molecule has 15 nitrogen and oxygen atoms in total. The van der Waals surface area contributed by atoms with Crippen LogP contribution in [0.1, 0.15) is 98.4 Å². The lowest BCUT2D eigenvalue weighted by Gasteiger charge is -2.39. The van der Waals surface area contributed by atoms with Crippen molar-refractivity contribution < 1.29 is 36.5 Å². The molecule has 0 aliphatic carbocycles. The lowest BCUT2D eigenvalue weighted by molar-refractivity contribution is -0.136. The van der Waals surface area contributed by atoms with Gasteiger partial charge in [0.05, 0.1) is 0 Å². The van der Waals surface area contributed by atoms with E-state index in [4.69, 9.17) is 2.97 Å². The molecule has 17 heteroatoms. The van der Waals surface area contributed by atoms with Crippen LogP contribution in [0.3, 0.4) is 0 Å². The first kappa shape index (κ1) is 51.6. The highest BCUT2D eigenvalue weighted by atomic mass is 79.9. The highest BCUT2D eigenvalue weighted by molar-refractivity contribution is 9.10. The number of amides is 6. The summed E-state index contributed by atoms with van der Waals surface area (Å²) in [5, 5.41) is 14.2. The van der Waals surface area contributed by atoms with Gasteiger partial charge in [-0.1, -0.05) is 75.7 Å². The minimum Gasteiger partial charge on any atom is -0.355 e. The molecule has 68 heavy (non-hydrogen) atoms. The number of likely N-dealkylation sites (tertiary alicyclic amines) is 3. The van der Waals surface area contributed by atoms with Gasteiger partial charge in [-0.3, -0.25) is 38.5 Å². The lowest BCUT2D eigenvalue weighted by Crippen LogP contribution is -2.51. The van der Waals surface area contributed by atoms with Crippen molar-refractivity contribution in [1.29, 1.82) is 0 Å². The zero-order valence-electron chi connectivity index (χ0n) is 39.8. The quantitative estimate of drug-likeness (QED) is 0.0963. The Bertz CT molecular complexity index is 2380. The second kappa shape index (κ2) is 26.1. The number of anilines is 2. The average Bonchev–Trinajstić information content (AvgIpc) is 3.98. The molecule has 4 aromatic carbocycles. The standard InChI is InChI=1S/C25H29BrN4O3.C18H24N4O3.C7H5BrO.CH4.H2/c1-27-24(32)18-3-2-4-20(15-18)28-25(33)22-9-10-23(31)30(22)21-11-13-29(14-12-21)16-17-5-7-19(26)8-6-17;1-19-17(24)12-3-2-4-13(11-12)21-18(25)15-5-6-16(23)22(15)14-7-9-20-10-8-14;8-7-3-1-6(5-9)2-4-7;;/h2-8,15,21-22H,9-14,16H2,1H3,(H,27,32)(H,28,33);2-4,11,14-15,20H,5-10H2,1H3,(H,19,24)(H,21,25);1-5H;1H4;1H/t22-;15-;;;/m11.../s1/i;;;;1+1D. The van der Waals surface area contributed by atoms with Gasteiger partial charge in [-0.05, 0) is 118 Å². The number of halogens is 2. The molecule has 4 aliphatic heterocycles. The third-order valence-electron chi connectivity index (χ3n) is 12.3. The Morgan fingerprint density at radius 1 is 0.662 bits per heavy atom. The summed E-state index contributed by atoms with van der Waals surface area (Å²) in [5.74, 6) is -0.667. The monoisotopic (exact) mass is 1060 g/mol. The Morgan fingerprint density at radius 3 is 1.54 bits per heavy atom. The van der Waals surface area contributed by atoms with Gasteiger partial charge in [-0.15, -0.1) is 0 Å². The first-order valence-electron chi connectivity index (χ1n) is 23.6. The summed E-state index contributed by atoms with van der Waals surface area (Å²) in [6.45, 7) is 4.42. The van der Waals surface area contributed by atoms with E-state index in [0.717, 1.165) is 73.6 Å². The number of benzene rings is 4. The molecule has 364 valence electrons. The number of hydrogen-bond donors (Lipinski definition) is 5. The third kappa shape index (κ3) is 14.6. The van der Waals surface area contributed by atoms with E-state index in [-0.39, 0.29) is 55.0 Å². The molecule has 6 amide bonds. The van der Waals surface area contributed by atoms with Crippen LogP contribution in [-0.2, 0) is 25.7 Å².